The Morgan fingerprint density at radius 3 is 2.73 bits per heavy atom. The van der Waals surface area contributed by atoms with Crippen LogP contribution in [0.4, 0.5) is 5.82 Å². The molecule has 6 N–H and O–H groups in total. The standard InChI is InChI=1S/C12H17N5O5/c13-10-7-11(15-3-14-10)17(4-16-7)12-9(21)8(20)6(19)1-5(2-18)22-12/h3-6,8-9,12,18-21H,1-2H2,(H2,13,14,15)/t5-,6+,8+,9+,12+/m0/s1. The quantitative estimate of drug-likeness (QED) is 0.413. The van der Waals surface area contributed by atoms with E-state index in [2.05, 4.69) is 15.0 Å². The van der Waals surface area contributed by atoms with Crippen molar-refractivity contribution in [2.24, 2.45) is 0 Å². The number of nitrogen functional groups attached to an aromatic ring is 1. The van der Waals surface area contributed by atoms with E-state index in [1.54, 1.807) is 0 Å². The summed E-state index contributed by atoms with van der Waals surface area (Å²) in [5.74, 6) is 0.172. The van der Waals surface area contributed by atoms with Crippen LogP contribution < -0.4 is 5.73 Å². The van der Waals surface area contributed by atoms with Crippen LogP contribution in [-0.4, -0.2) is 71.0 Å². The van der Waals surface area contributed by atoms with Gasteiger partial charge in [0.1, 0.15) is 24.1 Å². The third-order valence-corrected chi connectivity index (χ3v) is 3.74. The molecule has 2 aromatic heterocycles. The Morgan fingerprint density at radius 2 is 2.00 bits per heavy atom. The van der Waals surface area contributed by atoms with Gasteiger partial charge in [-0.15, -0.1) is 0 Å². The number of nitrogens with zero attached hydrogens (tertiary/aromatic N) is 4. The van der Waals surface area contributed by atoms with E-state index < -0.39 is 30.6 Å². The number of fused-ring (bicyclic) bond motifs is 1. The van der Waals surface area contributed by atoms with E-state index in [0.717, 1.165) is 0 Å². The number of aliphatic hydroxyl groups excluding tert-OH is 4. The summed E-state index contributed by atoms with van der Waals surface area (Å²) in [5.41, 5.74) is 6.36. The maximum absolute atomic E-state index is 10.3. The molecule has 0 unspecified atom stereocenters. The minimum Gasteiger partial charge on any atom is -0.394 e. The van der Waals surface area contributed by atoms with Crippen molar-refractivity contribution in [3.8, 4) is 0 Å². The molecule has 2 aromatic rings. The predicted molar refractivity (Wildman–Crippen MR) is 73.4 cm³/mol. The lowest BCUT2D eigenvalue weighted by molar-refractivity contribution is -0.140. The number of aromatic nitrogens is 4. The topological polar surface area (TPSA) is 160 Å². The van der Waals surface area contributed by atoms with Crippen LogP contribution in [0, 0.1) is 0 Å². The van der Waals surface area contributed by atoms with E-state index in [0.29, 0.717) is 11.2 Å². The summed E-state index contributed by atoms with van der Waals surface area (Å²) in [6.07, 6.45) is -3.32. The van der Waals surface area contributed by atoms with Crippen LogP contribution in [0.3, 0.4) is 0 Å². The Balaban J connectivity index is 2.04. The van der Waals surface area contributed by atoms with Crippen molar-refractivity contribution < 1.29 is 25.2 Å². The van der Waals surface area contributed by atoms with Gasteiger partial charge in [0, 0.05) is 6.42 Å². The minimum absolute atomic E-state index is 0.00498. The highest BCUT2D eigenvalue weighted by Crippen LogP contribution is 2.29. The zero-order chi connectivity index (χ0) is 15.9. The molecular formula is C12H17N5O5. The summed E-state index contributed by atoms with van der Waals surface area (Å²) < 4.78 is 7.00. The van der Waals surface area contributed by atoms with E-state index in [9.17, 15) is 20.4 Å². The monoisotopic (exact) mass is 311 g/mol. The van der Waals surface area contributed by atoms with E-state index in [4.69, 9.17) is 10.5 Å². The molecule has 0 bridgehead atoms. The van der Waals surface area contributed by atoms with Gasteiger partial charge in [0.15, 0.2) is 17.7 Å². The Hall–Kier alpha value is -1.85. The number of ether oxygens (including phenoxy) is 1. The number of rotatable bonds is 2. The number of imidazole rings is 1. The van der Waals surface area contributed by atoms with Gasteiger partial charge in [0.25, 0.3) is 0 Å². The third-order valence-electron chi connectivity index (χ3n) is 3.74. The average molecular weight is 311 g/mol. The lowest BCUT2D eigenvalue weighted by Crippen LogP contribution is -2.40. The van der Waals surface area contributed by atoms with Gasteiger partial charge < -0.3 is 30.9 Å². The van der Waals surface area contributed by atoms with E-state index in [1.165, 1.54) is 17.2 Å². The molecule has 0 radical (unpaired) electrons. The van der Waals surface area contributed by atoms with Gasteiger partial charge in [-0.1, -0.05) is 0 Å². The van der Waals surface area contributed by atoms with Gasteiger partial charge in [-0.05, 0) is 0 Å². The van der Waals surface area contributed by atoms with Gasteiger partial charge in [-0.25, -0.2) is 15.0 Å². The highest BCUT2D eigenvalue weighted by atomic mass is 16.5. The first-order chi connectivity index (χ1) is 10.5. The van der Waals surface area contributed by atoms with Gasteiger partial charge in [0.2, 0.25) is 0 Å². The molecule has 1 aliphatic rings. The first-order valence-corrected chi connectivity index (χ1v) is 6.76. The Kier molecular flexibility index (Phi) is 3.93. The lowest BCUT2D eigenvalue weighted by atomic mass is 10.0. The van der Waals surface area contributed by atoms with Crippen LogP contribution in [0.5, 0.6) is 0 Å². The zero-order valence-electron chi connectivity index (χ0n) is 11.5. The number of nitrogens with two attached hydrogens (primary N) is 1. The van der Waals surface area contributed by atoms with Gasteiger partial charge in [0.05, 0.1) is 25.1 Å². The van der Waals surface area contributed by atoms with Crippen molar-refractivity contribution >= 4 is 17.0 Å². The van der Waals surface area contributed by atoms with Gasteiger partial charge in [-0.3, -0.25) is 4.57 Å². The molecule has 1 fully saturated rings. The Morgan fingerprint density at radius 1 is 1.23 bits per heavy atom. The number of hydrogen-bond acceptors (Lipinski definition) is 9. The Labute approximate surface area is 124 Å². The molecule has 0 aromatic carbocycles. The van der Waals surface area contributed by atoms with Crippen molar-refractivity contribution in [3.05, 3.63) is 12.7 Å². The molecule has 0 saturated carbocycles. The maximum atomic E-state index is 10.3. The summed E-state index contributed by atoms with van der Waals surface area (Å²) in [6.45, 7) is -0.364. The Bertz CT molecular complexity index is 664. The predicted octanol–water partition coefficient (Wildman–Crippen LogP) is -2.23. The van der Waals surface area contributed by atoms with Crippen molar-refractivity contribution in [3.63, 3.8) is 0 Å². The molecule has 120 valence electrons. The van der Waals surface area contributed by atoms with E-state index >= 15 is 0 Å². The third kappa shape index (κ3) is 2.40. The fourth-order valence-electron chi connectivity index (χ4n) is 2.54. The molecule has 3 heterocycles. The highest BCUT2D eigenvalue weighted by molar-refractivity contribution is 5.81. The first-order valence-electron chi connectivity index (χ1n) is 6.76. The summed E-state index contributed by atoms with van der Waals surface area (Å²) >= 11 is 0. The van der Waals surface area contributed by atoms with Gasteiger partial charge >= 0.3 is 0 Å². The smallest absolute Gasteiger partial charge is 0.167 e. The van der Waals surface area contributed by atoms with Crippen molar-refractivity contribution in [1.29, 1.82) is 0 Å². The maximum Gasteiger partial charge on any atom is 0.167 e. The van der Waals surface area contributed by atoms with Gasteiger partial charge in [-0.2, -0.15) is 0 Å². The number of aliphatic hydroxyl groups is 4. The van der Waals surface area contributed by atoms with Crippen LogP contribution in [-0.2, 0) is 4.74 Å². The summed E-state index contributed by atoms with van der Waals surface area (Å²) in [6, 6.07) is 0. The fraction of sp³-hybridized carbons (Fsp3) is 0.583. The number of anilines is 1. The fourth-order valence-corrected chi connectivity index (χ4v) is 2.54. The number of hydrogen-bond donors (Lipinski definition) is 5. The zero-order valence-corrected chi connectivity index (χ0v) is 11.5. The van der Waals surface area contributed by atoms with Crippen LogP contribution in [0.1, 0.15) is 12.6 Å². The molecule has 10 heteroatoms. The van der Waals surface area contributed by atoms with Crippen molar-refractivity contribution in [2.45, 2.75) is 37.1 Å². The van der Waals surface area contributed by atoms with E-state index in [1.807, 2.05) is 0 Å². The molecule has 0 spiro atoms. The minimum atomic E-state index is -1.43. The average Bonchev–Trinajstić information content (AvgIpc) is 2.90. The second-order valence-electron chi connectivity index (χ2n) is 5.20. The molecule has 3 rings (SSSR count). The molecule has 0 aliphatic carbocycles. The SMILES string of the molecule is Nc1ncnc2c1ncn2[C@@H]1O[C@H](CO)C[C@@H](O)[C@@H](O)[C@H]1O. The van der Waals surface area contributed by atoms with Crippen LogP contribution in [0.2, 0.25) is 0 Å². The largest absolute Gasteiger partial charge is 0.394 e. The lowest BCUT2D eigenvalue weighted by Gasteiger charge is -2.26. The summed E-state index contributed by atoms with van der Waals surface area (Å²) in [4.78, 5) is 11.9. The molecule has 0 amide bonds. The van der Waals surface area contributed by atoms with Crippen LogP contribution in [0.25, 0.3) is 11.2 Å². The first kappa shape index (κ1) is 15.1. The highest BCUT2D eigenvalue weighted by Gasteiger charge is 2.40. The van der Waals surface area contributed by atoms with Crippen LogP contribution in [0.15, 0.2) is 12.7 Å². The molecular weight excluding hydrogens is 294 g/mol. The second-order valence-corrected chi connectivity index (χ2v) is 5.20. The molecule has 1 aliphatic heterocycles. The second kappa shape index (κ2) is 5.74. The molecule has 10 nitrogen and oxygen atoms in total. The molecule has 5 atom stereocenters. The van der Waals surface area contributed by atoms with Crippen LogP contribution >= 0.6 is 0 Å². The molecule has 22 heavy (non-hydrogen) atoms. The summed E-state index contributed by atoms with van der Waals surface area (Å²) in [5, 5.41) is 39.4. The normalized spacial score (nSPS) is 33.0. The van der Waals surface area contributed by atoms with Crippen molar-refractivity contribution in [1.82, 2.24) is 19.5 Å². The van der Waals surface area contributed by atoms with E-state index in [-0.39, 0.29) is 18.8 Å². The molecule has 1 saturated heterocycles. The van der Waals surface area contributed by atoms with Crippen molar-refractivity contribution in [2.75, 3.05) is 12.3 Å². The summed E-state index contributed by atoms with van der Waals surface area (Å²) in [7, 11) is 0.